The minimum absolute atomic E-state index is 0.677. The van der Waals surface area contributed by atoms with Crippen LogP contribution in [0.3, 0.4) is 0 Å². The van der Waals surface area contributed by atoms with E-state index in [2.05, 4.69) is 42.1 Å². The third-order valence-corrected chi connectivity index (χ3v) is 5.71. The van der Waals surface area contributed by atoms with Gasteiger partial charge in [-0.2, -0.15) is 11.8 Å². The SMILES string of the molecule is CCC1CNC(C)CN1C1CCC(SC)CC1. The molecule has 1 heterocycles. The Kier molecular flexibility index (Phi) is 5.19. The van der Waals surface area contributed by atoms with E-state index in [0.717, 1.165) is 17.3 Å². The van der Waals surface area contributed by atoms with Gasteiger partial charge < -0.3 is 5.32 Å². The van der Waals surface area contributed by atoms with Crippen LogP contribution in [0.2, 0.25) is 0 Å². The molecule has 1 aliphatic heterocycles. The minimum Gasteiger partial charge on any atom is -0.311 e. The monoisotopic (exact) mass is 256 g/mol. The van der Waals surface area contributed by atoms with Crippen LogP contribution in [0, 0.1) is 0 Å². The van der Waals surface area contributed by atoms with Gasteiger partial charge in [-0.05, 0) is 45.3 Å². The molecular formula is C14H28N2S. The second kappa shape index (κ2) is 6.44. The van der Waals surface area contributed by atoms with Gasteiger partial charge in [-0.1, -0.05) is 6.92 Å². The van der Waals surface area contributed by atoms with Gasteiger partial charge >= 0.3 is 0 Å². The van der Waals surface area contributed by atoms with Crippen molar-refractivity contribution >= 4 is 11.8 Å². The lowest BCUT2D eigenvalue weighted by Crippen LogP contribution is -2.59. The number of hydrogen-bond donors (Lipinski definition) is 1. The average Bonchev–Trinajstić information content (AvgIpc) is 2.39. The van der Waals surface area contributed by atoms with Crippen LogP contribution in [0.1, 0.15) is 46.0 Å². The van der Waals surface area contributed by atoms with Crippen LogP contribution >= 0.6 is 11.8 Å². The zero-order valence-electron chi connectivity index (χ0n) is 11.6. The molecule has 0 aromatic rings. The molecule has 1 saturated carbocycles. The van der Waals surface area contributed by atoms with Gasteiger partial charge in [0.15, 0.2) is 0 Å². The number of nitrogens with one attached hydrogen (secondary N) is 1. The fourth-order valence-electron chi connectivity index (χ4n) is 3.42. The van der Waals surface area contributed by atoms with Crippen molar-refractivity contribution in [1.82, 2.24) is 10.2 Å². The molecule has 1 aliphatic carbocycles. The highest BCUT2D eigenvalue weighted by molar-refractivity contribution is 7.99. The summed E-state index contributed by atoms with van der Waals surface area (Å²) in [5.74, 6) is 0. The molecule has 1 N–H and O–H groups in total. The van der Waals surface area contributed by atoms with Crippen molar-refractivity contribution < 1.29 is 0 Å². The zero-order valence-corrected chi connectivity index (χ0v) is 12.4. The minimum atomic E-state index is 0.677. The average molecular weight is 256 g/mol. The molecule has 2 aliphatic rings. The molecule has 2 atom stereocenters. The van der Waals surface area contributed by atoms with Gasteiger partial charge in [-0.15, -0.1) is 0 Å². The van der Waals surface area contributed by atoms with Crippen LogP contribution in [0.15, 0.2) is 0 Å². The Balaban J connectivity index is 1.90. The topological polar surface area (TPSA) is 15.3 Å². The van der Waals surface area contributed by atoms with Crippen molar-refractivity contribution in [3.8, 4) is 0 Å². The maximum Gasteiger partial charge on any atom is 0.0221 e. The molecule has 2 unspecified atom stereocenters. The second-order valence-electron chi connectivity index (χ2n) is 5.73. The summed E-state index contributed by atoms with van der Waals surface area (Å²) in [7, 11) is 0. The lowest BCUT2D eigenvalue weighted by molar-refractivity contribution is 0.0639. The van der Waals surface area contributed by atoms with Crippen molar-refractivity contribution in [2.45, 2.75) is 69.3 Å². The lowest BCUT2D eigenvalue weighted by atomic mass is 9.91. The number of rotatable bonds is 3. The Morgan fingerprint density at radius 1 is 1.24 bits per heavy atom. The Morgan fingerprint density at radius 3 is 2.53 bits per heavy atom. The molecule has 2 nitrogen and oxygen atoms in total. The summed E-state index contributed by atoms with van der Waals surface area (Å²) in [6.07, 6.45) is 9.28. The van der Waals surface area contributed by atoms with Gasteiger partial charge in [0.1, 0.15) is 0 Å². The van der Waals surface area contributed by atoms with Crippen molar-refractivity contribution in [2.24, 2.45) is 0 Å². The number of nitrogens with zero attached hydrogens (tertiary/aromatic N) is 1. The Labute approximate surface area is 111 Å². The molecule has 17 heavy (non-hydrogen) atoms. The van der Waals surface area contributed by atoms with E-state index in [0.29, 0.717) is 6.04 Å². The van der Waals surface area contributed by atoms with Crippen molar-refractivity contribution in [1.29, 1.82) is 0 Å². The van der Waals surface area contributed by atoms with Gasteiger partial charge in [0.2, 0.25) is 0 Å². The van der Waals surface area contributed by atoms with E-state index >= 15 is 0 Å². The first kappa shape index (κ1) is 13.7. The van der Waals surface area contributed by atoms with Gasteiger partial charge in [-0.25, -0.2) is 0 Å². The number of piperazine rings is 1. The highest BCUT2D eigenvalue weighted by Crippen LogP contribution is 2.31. The summed E-state index contributed by atoms with van der Waals surface area (Å²) >= 11 is 2.07. The smallest absolute Gasteiger partial charge is 0.0221 e. The van der Waals surface area contributed by atoms with E-state index in [1.165, 1.54) is 45.2 Å². The normalized spacial score (nSPS) is 40.4. The molecule has 2 fully saturated rings. The first-order valence-electron chi connectivity index (χ1n) is 7.26. The molecule has 3 heteroatoms. The Hall–Kier alpha value is 0.270. The standard InChI is InChI=1S/C14H28N2S/c1-4-12-9-15-11(2)10-16(12)13-5-7-14(17-3)8-6-13/h11-15H,4-10H2,1-3H3. The summed E-state index contributed by atoms with van der Waals surface area (Å²) in [6, 6.07) is 2.33. The van der Waals surface area contributed by atoms with Gasteiger partial charge in [0, 0.05) is 36.5 Å². The van der Waals surface area contributed by atoms with E-state index in [1.807, 2.05) is 0 Å². The van der Waals surface area contributed by atoms with Gasteiger partial charge in [0.05, 0.1) is 0 Å². The highest BCUT2D eigenvalue weighted by Gasteiger charge is 2.32. The summed E-state index contributed by atoms with van der Waals surface area (Å²) in [5.41, 5.74) is 0. The summed E-state index contributed by atoms with van der Waals surface area (Å²) in [6.45, 7) is 7.11. The fraction of sp³-hybridized carbons (Fsp3) is 1.00. The van der Waals surface area contributed by atoms with Crippen molar-refractivity contribution in [2.75, 3.05) is 19.3 Å². The van der Waals surface area contributed by atoms with E-state index in [9.17, 15) is 0 Å². The van der Waals surface area contributed by atoms with Gasteiger partial charge in [0.25, 0.3) is 0 Å². The van der Waals surface area contributed by atoms with Crippen molar-refractivity contribution in [3.63, 3.8) is 0 Å². The van der Waals surface area contributed by atoms with Crippen molar-refractivity contribution in [3.05, 3.63) is 0 Å². The predicted octanol–water partition coefficient (Wildman–Crippen LogP) is 2.73. The van der Waals surface area contributed by atoms with Crippen LogP contribution in [0.5, 0.6) is 0 Å². The van der Waals surface area contributed by atoms with Crippen LogP contribution in [-0.4, -0.2) is 47.6 Å². The largest absolute Gasteiger partial charge is 0.311 e. The quantitative estimate of drug-likeness (QED) is 0.836. The predicted molar refractivity (Wildman–Crippen MR) is 77.8 cm³/mol. The molecule has 0 radical (unpaired) electrons. The molecule has 0 aromatic heterocycles. The first-order chi connectivity index (χ1) is 8.24. The second-order valence-corrected chi connectivity index (χ2v) is 6.87. The zero-order chi connectivity index (χ0) is 12.3. The van der Waals surface area contributed by atoms with Crippen LogP contribution < -0.4 is 5.32 Å². The molecule has 0 spiro atoms. The molecule has 0 aromatic carbocycles. The maximum atomic E-state index is 3.63. The third-order valence-electron chi connectivity index (χ3n) is 4.57. The summed E-state index contributed by atoms with van der Waals surface area (Å²) < 4.78 is 0. The van der Waals surface area contributed by atoms with Crippen LogP contribution in [0.4, 0.5) is 0 Å². The van der Waals surface area contributed by atoms with E-state index in [4.69, 9.17) is 0 Å². The Bertz CT molecular complexity index is 226. The molecule has 0 amide bonds. The summed E-state index contributed by atoms with van der Waals surface area (Å²) in [4.78, 5) is 2.82. The molecular weight excluding hydrogens is 228 g/mol. The Morgan fingerprint density at radius 2 is 1.94 bits per heavy atom. The summed E-state index contributed by atoms with van der Waals surface area (Å²) in [5, 5.41) is 4.56. The lowest BCUT2D eigenvalue weighted by Gasteiger charge is -2.46. The third kappa shape index (κ3) is 3.39. The van der Waals surface area contributed by atoms with E-state index in [1.54, 1.807) is 0 Å². The van der Waals surface area contributed by atoms with Gasteiger partial charge in [-0.3, -0.25) is 4.90 Å². The molecule has 100 valence electrons. The maximum absolute atomic E-state index is 3.63. The number of hydrogen-bond acceptors (Lipinski definition) is 3. The molecule has 0 bridgehead atoms. The highest BCUT2D eigenvalue weighted by atomic mass is 32.2. The molecule has 2 rings (SSSR count). The van der Waals surface area contributed by atoms with Crippen LogP contribution in [0.25, 0.3) is 0 Å². The van der Waals surface area contributed by atoms with E-state index in [-0.39, 0.29) is 0 Å². The fourth-order valence-corrected chi connectivity index (χ4v) is 4.17. The first-order valence-corrected chi connectivity index (χ1v) is 8.55. The number of thioether (sulfide) groups is 1. The van der Waals surface area contributed by atoms with E-state index < -0.39 is 0 Å². The van der Waals surface area contributed by atoms with Crippen LogP contribution in [-0.2, 0) is 0 Å². The molecule has 1 saturated heterocycles.